The molecule has 0 aliphatic carbocycles. The van der Waals surface area contributed by atoms with Gasteiger partial charge in [0.05, 0.1) is 5.69 Å². The van der Waals surface area contributed by atoms with Crippen LogP contribution in [0.4, 0.5) is 0 Å². The van der Waals surface area contributed by atoms with Gasteiger partial charge in [-0.3, -0.25) is 9.97 Å². The molecule has 0 saturated carbocycles. The van der Waals surface area contributed by atoms with Gasteiger partial charge in [-0.25, -0.2) is 0 Å². The lowest BCUT2D eigenvalue weighted by atomic mass is 10.0. The monoisotopic (exact) mass is 168 g/mol. The largest absolute Gasteiger partial charge is 0.264 e. The van der Waals surface area contributed by atoms with E-state index in [2.05, 4.69) is 9.97 Å². The summed E-state index contributed by atoms with van der Waals surface area (Å²) < 4.78 is 0. The van der Waals surface area contributed by atoms with Gasteiger partial charge in [-0.15, -0.1) is 0 Å². The summed E-state index contributed by atoms with van der Waals surface area (Å²) in [5.41, 5.74) is 3.07. The van der Waals surface area contributed by atoms with Crippen LogP contribution in [0.3, 0.4) is 0 Å². The van der Waals surface area contributed by atoms with E-state index in [9.17, 15) is 0 Å². The average molecular weight is 168 g/mol. The highest BCUT2D eigenvalue weighted by Crippen LogP contribution is 2.12. The molecule has 3 heteroatoms. The minimum atomic E-state index is 0.980. The summed E-state index contributed by atoms with van der Waals surface area (Å²) in [6.45, 7) is 0. The average Bonchev–Trinajstić information content (AvgIpc) is 2.19. The smallest absolute Gasteiger partial charge is 0.163 e. The summed E-state index contributed by atoms with van der Waals surface area (Å²) in [5.74, 6) is 0. The van der Waals surface area contributed by atoms with E-state index in [1.54, 1.807) is 6.20 Å². The topological polar surface area (TPSA) is 25.8 Å². The molecule has 0 aliphatic rings. The predicted molar refractivity (Wildman–Crippen MR) is 55.6 cm³/mol. The molecule has 0 N–H and O–H groups in total. The lowest BCUT2D eigenvalue weighted by Crippen LogP contribution is -2.07. The first-order valence-electron chi connectivity index (χ1n) is 4.20. The second kappa shape index (κ2) is 3.39. The molecule has 2 nitrogen and oxygen atoms in total. The summed E-state index contributed by atoms with van der Waals surface area (Å²) in [7, 11) is 1.99. The first kappa shape index (κ1) is 7.99. The van der Waals surface area contributed by atoms with Gasteiger partial charge in [0.15, 0.2) is 7.85 Å². The lowest BCUT2D eigenvalue weighted by Gasteiger charge is -1.99. The maximum Gasteiger partial charge on any atom is 0.163 e. The molecular weight excluding hydrogens is 159 g/mol. The fraction of sp³-hybridized carbons (Fsp3) is 0. The Morgan fingerprint density at radius 1 is 1.08 bits per heavy atom. The van der Waals surface area contributed by atoms with Crippen LogP contribution in [-0.4, -0.2) is 17.8 Å². The Hall–Kier alpha value is -1.64. The molecule has 0 saturated heterocycles. The van der Waals surface area contributed by atoms with Crippen LogP contribution in [0.1, 0.15) is 0 Å². The Morgan fingerprint density at radius 2 is 2.00 bits per heavy atom. The van der Waals surface area contributed by atoms with Crippen LogP contribution in [0.25, 0.3) is 11.3 Å². The Morgan fingerprint density at radius 3 is 2.69 bits per heavy atom. The molecule has 2 aromatic heterocycles. The summed E-state index contributed by atoms with van der Waals surface area (Å²) in [5, 5.41) is 0. The Labute approximate surface area is 78.1 Å². The summed E-state index contributed by atoms with van der Waals surface area (Å²) >= 11 is 0. The number of hydrogen-bond donors (Lipinski definition) is 0. The quantitative estimate of drug-likeness (QED) is 0.576. The highest BCUT2D eigenvalue weighted by molar-refractivity contribution is 6.30. The summed E-state index contributed by atoms with van der Waals surface area (Å²) in [6.07, 6.45) is 3.58. The van der Waals surface area contributed by atoms with Gasteiger partial charge in [0.1, 0.15) is 0 Å². The van der Waals surface area contributed by atoms with Gasteiger partial charge in [-0.2, -0.15) is 0 Å². The van der Waals surface area contributed by atoms with E-state index < -0.39 is 0 Å². The maximum absolute atomic E-state index is 4.40. The van der Waals surface area contributed by atoms with E-state index in [4.69, 9.17) is 0 Å². The van der Waals surface area contributed by atoms with Crippen molar-refractivity contribution in [3.8, 4) is 11.3 Å². The van der Waals surface area contributed by atoms with Gasteiger partial charge in [0.2, 0.25) is 0 Å². The van der Waals surface area contributed by atoms with Crippen LogP contribution >= 0.6 is 0 Å². The number of nitrogens with zero attached hydrogens (tertiary/aromatic N) is 2. The van der Waals surface area contributed by atoms with E-state index in [0.29, 0.717) is 0 Å². The Kier molecular flexibility index (Phi) is 2.09. The maximum atomic E-state index is 4.40. The van der Waals surface area contributed by atoms with Gasteiger partial charge in [-0.1, -0.05) is 12.1 Å². The van der Waals surface area contributed by atoms with Crippen molar-refractivity contribution < 1.29 is 0 Å². The van der Waals surface area contributed by atoms with E-state index in [1.807, 2.05) is 44.4 Å². The molecule has 0 atom stereocenters. The fourth-order valence-corrected chi connectivity index (χ4v) is 1.22. The van der Waals surface area contributed by atoms with Crippen molar-refractivity contribution in [3.05, 3.63) is 42.7 Å². The minimum absolute atomic E-state index is 0.980. The minimum Gasteiger partial charge on any atom is -0.264 e. The van der Waals surface area contributed by atoms with Crippen molar-refractivity contribution in [3.63, 3.8) is 0 Å². The van der Waals surface area contributed by atoms with E-state index in [1.165, 1.54) is 0 Å². The first-order chi connectivity index (χ1) is 6.36. The van der Waals surface area contributed by atoms with Crippen LogP contribution in [0.5, 0.6) is 0 Å². The zero-order valence-corrected chi connectivity index (χ0v) is 7.44. The molecule has 2 heterocycles. The second-order valence-electron chi connectivity index (χ2n) is 2.91. The molecule has 0 spiro atoms. The van der Waals surface area contributed by atoms with Crippen LogP contribution < -0.4 is 5.59 Å². The third-order valence-electron chi connectivity index (χ3n) is 1.85. The molecule has 0 amide bonds. The molecule has 0 aliphatic heterocycles. The van der Waals surface area contributed by atoms with Gasteiger partial charge < -0.3 is 0 Å². The van der Waals surface area contributed by atoms with Gasteiger partial charge in [0.25, 0.3) is 0 Å². The van der Waals surface area contributed by atoms with E-state index >= 15 is 0 Å². The second-order valence-corrected chi connectivity index (χ2v) is 2.91. The van der Waals surface area contributed by atoms with Gasteiger partial charge in [-0.05, 0) is 23.8 Å². The predicted octanol–water partition coefficient (Wildman–Crippen LogP) is 0.402. The normalized spacial score (nSPS) is 9.85. The highest BCUT2D eigenvalue weighted by atomic mass is 14.7. The number of pyridine rings is 2. The first-order valence-corrected chi connectivity index (χ1v) is 4.20. The van der Waals surface area contributed by atoms with Crippen LogP contribution in [0.2, 0.25) is 0 Å². The zero-order chi connectivity index (χ0) is 9.10. The molecule has 2 aromatic rings. The number of aromatic nitrogens is 2. The number of hydrogen-bond acceptors (Lipinski definition) is 2. The summed E-state index contributed by atoms with van der Waals surface area (Å²) in [6, 6.07) is 9.91. The molecular formula is C10H9BN2. The molecule has 0 fully saturated rings. The van der Waals surface area contributed by atoms with Crippen molar-refractivity contribution in [1.82, 2.24) is 9.97 Å². The molecule has 0 unspecified atom stereocenters. The van der Waals surface area contributed by atoms with E-state index in [-0.39, 0.29) is 0 Å². The van der Waals surface area contributed by atoms with E-state index in [0.717, 1.165) is 16.9 Å². The van der Waals surface area contributed by atoms with Crippen molar-refractivity contribution in [2.45, 2.75) is 0 Å². The Bertz CT molecular complexity index is 401. The number of rotatable bonds is 1. The highest BCUT2D eigenvalue weighted by Gasteiger charge is 1.96. The molecule has 62 valence electrons. The molecule has 0 radical (unpaired) electrons. The zero-order valence-electron chi connectivity index (χ0n) is 7.44. The third-order valence-corrected chi connectivity index (χ3v) is 1.85. The lowest BCUT2D eigenvalue weighted by molar-refractivity contribution is 1.30. The third kappa shape index (κ3) is 1.75. The molecule has 2 rings (SSSR count). The summed E-state index contributed by atoms with van der Waals surface area (Å²) in [4.78, 5) is 8.45. The van der Waals surface area contributed by atoms with Crippen LogP contribution in [0, 0.1) is 0 Å². The van der Waals surface area contributed by atoms with Crippen molar-refractivity contribution in [2.75, 3.05) is 0 Å². The Balaban J connectivity index is 2.48. The fourth-order valence-electron chi connectivity index (χ4n) is 1.22. The van der Waals surface area contributed by atoms with Crippen LogP contribution in [0.15, 0.2) is 42.7 Å². The van der Waals surface area contributed by atoms with Crippen molar-refractivity contribution in [2.24, 2.45) is 0 Å². The SMILES string of the molecule is Bc1cccc(-c2cccnc2)n1. The van der Waals surface area contributed by atoms with Crippen molar-refractivity contribution >= 4 is 13.4 Å². The van der Waals surface area contributed by atoms with Gasteiger partial charge in [0, 0.05) is 18.0 Å². The standard InChI is InChI=1S/C10H9BN2/c11-10-5-1-4-9(13-10)8-3-2-6-12-7-8/h1-7H,11H2. The molecule has 0 aromatic carbocycles. The molecule has 13 heavy (non-hydrogen) atoms. The van der Waals surface area contributed by atoms with Gasteiger partial charge >= 0.3 is 0 Å². The molecule has 0 bridgehead atoms. The van der Waals surface area contributed by atoms with Crippen molar-refractivity contribution in [1.29, 1.82) is 0 Å². The van der Waals surface area contributed by atoms with Crippen LogP contribution in [-0.2, 0) is 0 Å².